The Hall–Kier alpha value is -1.67. The third kappa shape index (κ3) is 2.45. The number of nitrogens with two attached hydrogens (primary N) is 1. The van der Waals surface area contributed by atoms with Crippen LogP contribution in [0.25, 0.3) is 0 Å². The van der Waals surface area contributed by atoms with Crippen LogP contribution in [0.4, 0.5) is 4.39 Å². The summed E-state index contributed by atoms with van der Waals surface area (Å²) in [6, 6.07) is 4.20. The minimum absolute atomic E-state index is 0.0378. The summed E-state index contributed by atoms with van der Waals surface area (Å²) in [5.41, 5.74) is 4.75. The summed E-state index contributed by atoms with van der Waals surface area (Å²) in [5, 5.41) is -0.923. The summed E-state index contributed by atoms with van der Waals surface area (Å²) in [5.74, 6) is -0.182. The second-order valence-electron chi connectivity index (χ2n) is 7.17. The van der Waals surface area contributed by atoms with E-state index in [1.54, 1.807) is 6.92 Å². The van der Waals surface area contributed by atoms with Crippen molar-refractivity contribution >= 4 is 15.7 Å². The Morgan fingerprint density at radius 1 is 1.40 bits per heavy atom. The van der Waals surface area contributed by atoms with E-state index in [9.17, 15) is 12.8 Å². The lowest BCUT2D eigenvalue weighted by Gasteiger charge is -2.49. The first-order valence-corrected chi connectivity index (χ1v) is 9.66. The van der Waals surface area contributed by atoms with E-state index in [1.807, 2.05) is 0 Å². The van der Waals surface area contributed by atoms with Crippen molar-refractivity contribution in [1.29, 1.82) is 0 Å². The highest BCUT2D eigenvalue weighted by Gasteiger charge is 2.61. The van der Waals surface area contributed by atoms with E-state index in [1.165, 1.54) is 39.2 Å². The van der Waals surface area contributed by atoms with Crippen molar-refractivity contribution in [2.75, 3.05) is 13.7 Å². The number of methoxy groups -OCH3 is 1. The number of amidine groups is 1. The van der Waals surface area contributed by atoms with Crippen LogP contribution in [0.5, 0.6) is 5.75 Å². The van der Waals surface area contributed by atoms with Gasteiger partial charge >= 0.3 is 0 Å². The van der Waals surface area contributed by atoms with Crippen molar-refractivity contribution in [3.8, 4) is 5.75 Å². The summed E-state index contributed by atoms with van der Waals surface area (Å²) >= 11 is 0. The molecule has 1 aromatic rings. The Morgan fingerprint density at radius 3 is 2.72 bits per heavy atom. The van der Waals surface area contributed by atoms with Crippen molar-refractivity contribution in [2.45, 2.75) is 48.8 Å². The average molecular weight is 370 g/mol. The highest BCUT2D eigenvalue weighted by molar-refractivity contribution is 7.94. The van der Waals surface area contributed by atoms with Gasteiger partial charge in [0.25, 0.3) is 0 Å². The number of benzene rings is 1. The molecule has 1 saturated heterocycles. The number of hydrogen-bond acceptors (Lipinski definition) is 6. The smallest absolute Gasteiger partial charge is 0.168 e. The molecule has 2 N–H and O–H groups in total. The summed E-state index contributed by atoms with van der Waals surface area (Å²) < 4.78 is 50.9. The monoisotopic (exact) mass is 370 g/mol. The van der Waals surface area contributed by atoms with Crippen molar-refractivity contribution in [2.24, 2.45) is 10.7 Å². The Labute approximate surface area is 147 Å². The summed E-state index contributed by atoms with van der Waals surface area (Å²) in [4.78, 5) is 4.52. The lowest BCUT2D eigenvalue weighted by atomic mass is 9.82. The maximum atomic E-state index is 14.7. The number of rotatable bonds is 2. The van der Waals surface area contributed by atoms with Crippen LogP contribution < -0.4 is 10.5 Å². The number of nitrogens with zero attached hydrogens (tertiary/aromatic N) is 1. The lowest BCUT2D eigenvalue weighted by Crippen LogP contribution is -2.64. The molecule has 1 aromatic carbocycles. The third-order valence-electron chi connectivity index (χ3n) is 5.33. The summed E-state index contributed by atoms with van der Waals surface area (Å²) in [7, 11) is -2.27. The zero-order chi connectivity index (χ0) is 18.6. The Bertz CT molecular complexity index is 837. The number of fused-ring (bicyclic) bond motifs is 1. The minimum atomic E-state index is -3.73. The van der Waals surface area contributed by atoms with E-state index in [4.69, 9.17) is 15.2 Å². The molecule has 0 bridgehead atoms. The molecule has 2 aliphatic rings. The molecule has 8 heteroatoms. The molecule has 6 nitrogen and oxygen atoms in total. The maximum absolute atomic E-state index is 14.7. The average Bonchev–Trinajstić information content (AvgIpc) is 2.55. The largest absolute Gasteiger partial charge is 0.497 e. The number of ether oxygens (including phenoxy) is 2. The molecule has 3 atom stereocenters. The van der Waals surface area contributed by atoms with Gasteiger partial charge in [0.15, 0.2) is 9.84 Å². The Kier molecular flexibility index (Phi) is 4.11. The molecule has 0 amide bonds. The zero-order valence-electron chi connectivity index (χ0n) is 14.7. The van der Waals surface area contributed by atoms with Crippen LogP contribution in [0, 0.1) is 5.82 Å². The Balaban J connectivity index is 2.32. The quantitative estimate of drug-likeness (QED) is 0.857. The molecule has 3 rings (SSSR count). The molecule has 0 saturated carbocycles. The van der Waals surface area contributed by atoms with Crippen molar-refractivity contribution in [1.82, 2.24) is 0 Å². The molecular weight excluding hydrogens is 347 g/mol. The van der Waals surface area contributed by atoms with Gasteiger partial charge in [-0.1, -0.05) is 0 Å². The topological polar surface area (TPSA) is 91.0 Å². The molecule has 2 heterocycles. The molecule has 0 aromatic heterocycles. The van der Waals surface area contributed by atoms with Crippen molar-refractivity contribution < 1.29 is 22.3 Å². The van der Waals surface area contributed by atoms with Gasteiger partial charge in [-0.3, -0.25) is 4.99 Å². The number of sulfone groups is 1. The normalized spacial score (nSPS) is 33.2. The lowest BCUT2D eigenvalue weighted by molar-refractivity contribution is -0.0181. The van der Waals surface area contributed by atoms with Gasteiger partial charge in [-0.05, 0) is 45.4 Å². The molecule has 138 valence electrons. The highest BCUT2D eigenvalue weighted by Crippen LogP contribution is 2.48. The van der Waals surface area contributed by atoms with Crippen LogP contribution in [0.2, 0.25) is 0 Å². The van der Waals surface area contributed by atoms with Crippen molar-refractivity contribution in [3.63, 3.8) is 0 Å². The van der Waals surface area contributed by atoms with E-state index >= 15 is 0 Å². The van der Waals surface area contributed by atoms with Crippen LogP contribution in [-0.4, -0.2) is 44.1 Å². The van der Waals surface area contributed by atoms with Crippen LogP contribution in [0.3, 0.4) is 0 Å². The molecule has 2 aliphatic heterocycles. The minimum Gasteiger partial charge on any atom is -0.497 e. The predicted molar refractivity (Wildman–Crippen MR) is 93.1 cm³/mol. The third-order valence-corrected chi connectivity index (χ3v) is 8.29. The number of aliphatic imine (C=N–C) groups is 1. The first-order valence-electron chi connectivity index (χ1n) is 8.11. The first kappa shape index (κ1) is 18.1. The number of hydrogen-bond donors (Lipinski definition) is 1. The second kappa shape index (κ2) is 5.67. The molecule has 1 fully saturated rings. The van der Waals surface area contributed by atoms with Crippen LogP contribution >= 0.6 is 0 Å². The molecule has 0 aliphatic carbocycles. The first-order chi connectivity index (χ1) is 11.6. The maximum Gasteiger partial charge on any atom is 0.168 e. The van der Waals surface area contributed by atoms with Gasteiger partial charge < -0.3 is 15.2 Å². The fourth-order valence-electron chi connectivity index (χ4n) is 3.54. The highest BCUT2D eigenvalue weighted by atomic mass is 32.2. The molecular formula is C17H23FN2O4S. The van der Waals surface area contributed by atoms with E-state index < -0.39 is 31.2 Å². The second-order valence-corrected chi connectivity index (χ2v) is 9.85. The molecule has 0 unspecified atom stereocenters. The van der Waals surface area contributed by atoms with E-state index in [0.717, 1.165) is 0 Å². The van der Waals surface area contributed by atoms with Gasteiger partial charge in [0.1, 0.15) is 27.7 Å². The van der Waals surface area contributed by atoms with Gasteiger partial charge in [-0.15, -0.1) is 0 Å². The van der Waals surface area contributed by atoms with Crippen LogP contribution in [0.15, 0.2) is 23.2 Å². The fourth-order valence-corrected chi connectivity index (χ4v) is 5.87. The predicted octanol–water partition coefficient (Wildman–Crippen LogP) is 1.77. The zero-order valence-corrected chi connectivity index (χ0v) is 15.6. The van der Waals surface area contributed by atoms with Crippen LogP contribution in [0.1, 0.15) is 32.8 Å². The molecule has 0 radical (unpaired) electrons. The van der Waals surface area contributed by atoms with Gasteiger partial charge in [0.2, 0.25) is 0 Å². The summed E-state index contributed by atoms with van der Waals surface area (Å²) in [6.45, 7) is 4.81. The van der Waals surface area contributed by atoms with Gasteiger partial charge in [-0.2, -0.15) is 0 Å². The van der Waals surface area contributed by atoms with Gasteiger partial charge in [-0.25, -0.2) is 12.8 Å². The van der Waals surface area contributed by atoms with Crippen LogP contribution in [-0.2, 0) is 20.1 Å². The van der Waals surface area contributed by atoms with Gasteiger partial charge in [0, 0.05) is 5.56 Å². The van der Waals surface area contributed by atoms with E-state index in [-0.39, 0.29) is 30.5 Å². The standard InChI is InChI=1S/C17H23FN2O4S/c1-10-7-14-17(9-24-10,12-8-11(23-4)5-6-13(12)18)20-15(19)16(2,3)25(14,21)22/h5-6,8,10,14H,7,9H2,1-4H3,(H2,19,20)/t10-,14+,17+/m0/s1. The SMILES string of the molecule is COc1ccc(F)c([C@]23CO[C@@H](C)C[C@H]2S(=O)(=O)C(C)(C)C(N)=N3)c1. The Morgan fingerprint density at radius 2 is 2.08 bits per heavy atom. The molecule has 25 heavy (non-hydrogen) atoms. The molecule has 0 spiro atoms. The van der Waals surface area contributed by atoms with Crippen molar-refractivity contribution in [3.05, 3.63) is 29.6 Å². The van der Waals surface area contributed by atoms with E-state index in [0.29, 0.717) is 5.75 Å². The summed E-state index contributed by atoms with van der Waals surface area (Å²) in [6.07, 6.45) is -0.0500. The fraction of sp³-hybridized carbons (Fsp3) is 0.588. The van der Waals surface area contributed by atoms with E-state index in [2.05, 4.69) is 4.99 Å². The number of halogens is 1. The van der Waals surface area contributed by atoms with Gasteiger partial charge in [0.05, 0.1) is 25.1 Å².